The van der Waals surface area contributed by atoms with Gasteiger partial charge >= 0.3 is 0 Å². The van der Waals surface area contributed by atoms with Crippen LogP contribution in [0.1, 0.15) is 44.3 Å². The van der Waals surface area contributed by atoms with Gasteiger partial charge < -0.3 is 5.11 Å². The van der Waals surface area contributed by atoms with E-state index in [9.17, 15) is 9.50 Å². The zero-order chi connectivity index (χ0) is 14.8. The van der Waals surface area contributed by atoms with Crippen molar-refractivity contribution >= 4 is 0 Å². The number of nitrogens with zero attached hydrogens (tertiary/aromatic N) is 1. The first-order chi connectivity index (χ1) is 10.1. The molecule has 0 bridgehead atoms. The molecular weight excluding hydrogens is 267 g/mol. The van der Waals surface area contributed by atoms with Gasteiger partial charge in [0, 0.05) is 11.1 Å². The van der Waals surface area contributed by atoms with Gasteiger partial charge in [-0.2, -0.15) is 5.10 Å². The summed E-state index contributed by atoms with van der Waals surface area (Å²) in [5.74, 6) is 0.687. The molecule has 0 spiro atoms. The SMILES string of the molecule is CC1CCCC(C(O)c2cn[nH]c2-c2ccc(F)cc2)C1. The Morgan fingerprint density at radius 1 is 1.29 bits per heavy atom. The zero-order valence-electron chi connectivity index (χ0n) is 12.2. The minimum absolute atomic E-state index is 0.263. The number of aromatic amines is 1. The molecule has 1 heterocycles. The third-order valence-corrected chi connectivity index (χ3v) is 4.54. The number of hydrogen-bond acceptors (Lipinski definition) is 2. The molecule has 0 radical (unpaired) electrons. The van der Waals surface area contributed by atoms with Crippen LogP contribution in [-0.2, 0) is 0 Å². The van der Waals surface area contributed by atoms with Crippen LogP contribution in [0.15, 0.2) is 30.5 Å². The van der Waals surface area contributed by atoms with Crippen LogP contribution < -0.4 is 0 Å². The molecular formula is C17H21FN2O. The molecule has 4 heteroatoms. The van der Waals surface area contributed by atoms with Crippen LogP contribution >= 0.6 is 0 Å². The maximum Gasteiger partial charge on any atom is 0.123 e. The fourth-order valence-electron chi connectivity index (χ4n) is 3.39. The Kier molecular flexibility index (Phi) is 4.06. The van der Waals surface area contributed by atoms with E-state index >= 15 is 0 Å². The first kappa shape index (κ1) is 14.3. The number of hydrogen-bond donors (Lipinski definition) is 2. The van der Waals surface area contributed by atoms with E-state index in [1.165, 1.54) is 25.0 Å². The van der Waals surface area contributed by atoms with E-state index in [2.05, 4.69) is 17.1 Å². The van der Waals surface area contributed by atoms with Gasteiger partial charge in [-0.05, 0) is 48.9 Å². The van der Waals surface area contributed by atoms with Crippen molar-refractivity contribution in [2.45, 2.75) is 38.7 Å². The molecule has 0 amide bonds. The average molecular weight is 288 g/mol. The van der Waals surface area contributed by atoms with Crippen molar-refractivity contribution in [3.05, 3.63) is 41.8 Å². The van der Waals surface area contributed by atoms with Gasteiger partial charge in [-0.1, -0.05) is 19.8 Å². The predicted molar refractivity (Wildman–Crippen MR) is 80.1 cm³/mol. The van der Waals surface area contributed by atoms with Crippen molar-refractivity contribution in [3.8, 4) is 11.3 Å². The summed E-state index contributed by atoms with van der Waals surface area (Å²) in [6, 6.07) is 6.27. The highest BCUT2D eigenvalue weighted by Gasteiger charge is 2.28. The van der Waals surface area contributed by atoms with Crippen molar-refractivity contribution in [1.82, 2.24) is 10.2 Å². The van der Waals surface area contributed by atoms with E-state index in [0.717, 1.165) is 29.7 Å². The minimum atomic E-state index is -0.508. The predicted octanol–water partition coefficient (Wildman–Crippen LogP) is 4.08. The summed E-state index contributed by atoms with van der Waals surface area (Å²) in [7, 11) is 0. The molecule has 1 fully saturated rings. The lowest BCUT2D eigenvalue weighted by molar-refractivity contribution is 0.0718. The van der Waals surface area contributed by atoms with Gasteiger partial charge in [0.25, 0.3) is 0 Å². The van der Waals surface area contributed by atoms with Gasteiger partial charge in [0.2, 0.25) is 0 Å². The second-order valence-electron chi connectivity index (χ2n) is 6.18. The van der Waals surface area contributed by atoms with Crippen molar-refractivity contribution in [1.29, 1.82) is 0 Å². The second-order valence-corrected chi connectivity index (χ2v) is 6.18. The molecule has 1 aromatic heterocycles. The number of H-pyrrole nitrogens is 1. The number of aliphatic hydroxyl groups is 1. The Morgan fingerprint density at radius 3 is 2.76 bits per heavy atom. The van der Waals surface area contributed by atoms with E-state index in [1.54, 1.807) is 18.3 Å². The molecule has 2 aromatic rings. The van der Waals surface area contributed by atoms with Gasteiger partial charge in [0.1, 0.15) is 5.82 Å². The Labute approximate surface area is 124 Å². The molecule has 3 nitrogen and oxygen atoms in total. The Hall–Kier alpha value is -1.68. The lowest BCUT2D eigenvalue weighted by Gasteiger charge is -2.30. The third kappa shape index (κ3) is 3.00. The van der Waals surface area contributed by atoms with Crippen molar-refractivity contribution in [2.24, 2.45) is 11.8 Å². The minimum Gasteiger partial charge on any atom is -0.388 e. The van der Waals surface area contributed by atoms with E-state index < -0.39 is 6.10 Å². The van der Waals surface area contributed by atoms with Crippen LogP contribution in [0.2, 0.25) is 0 Å². The molecule has 1 saturated carbocycles. The van der Waals surface area contributed by atoms with Crippen molar-refractivity contribution in [2.75, 3.05) is 0 Å². The van der Waals surface area contributed by atoms with Crippen molar-refractivity contribution in [3.63, 3.8) is 0 Å². The fourth-order valence-corrected chi connectivity index (χ4v) is 3.39. The largest absolute Gasteiger partial charge is 0.388 e. The van der Waals surface area contributed by atoms with Crippen LogP contribution in [0.3, 0.4) is 0 Å². The standard InChI is InChI=1S/C17H21FN2O/c1-11-3-2-4-13(9-11)17(21)15-10-19-20-16(15)12-5-7-14(18)8-6-12/h5-8,10-11,13,17,21H,2-4,9H2,1H3,(H,19,20). The molecule has 112 valence electrons. The molecule has 3 atom stereocenters. The van der Waals surface area contributed by atoms with Crippen molar-refractivity contribution < 1.29 is 9.50 Å². The van der Waals surface area contributed by atoms with Gasteiger partial charge in [-0.25, -0.2) is 4.39 Å². The normalized spacial score (nSPS) is 24.0. The Balaban J connectivity index is 1.86. The molecule has 2 N–H and O–H groups in total. The molecule has 0 aliphatic heterocycles. The second kappa shape index (κ2) is 5.98. The topological polar surface area (TPSA) is 48.9 Å². The third-order valence-electron chi connectivity index (χ3n) is 4.54. The van der Waals surface area contributed by atoms with Crippen LogP contribution in [0.25, 0.3) is 11.3 Å². The highest BCUT2D eigenvalue weighted by molar-refractivity contribution is 5.63. The van der Waals surface area contributed by atoms with E-state index in [4.69, 9.17) is 0 Å². The zero-order valence-corrected chi connectivity index (χ0v) is 12.2. The Morgan fingerprint density at radius 2 is 2.05 bits per heavy atom. The number of aliphatic hydroxyl groups excluding tert-OH is 1. The fraction of sp³-hybridized carbons (Fsp3) is 0.471. The summed E-state index contributed by atoms with van der Waals surface area (Å²) in [6.07, 6.45) is 5.72. The summed E-state index contributed by atoms with van der Waals surface area (Å²) in [5.41, 5.74) is 2.47. The number of halogens is 1. The molecule has 3 unspecified atom stereocenters. The first-order valence-corrected chi connectivity index (χ1v) is 7.62. The van der Waals surface area contributed by atoms with Crippen LogP contribution in [0, 0.1) is 17.7 Å². The summed E-state index contributed by atoms with van der Waals surface area (Å²) in [5, 5.41) is 17.7. The number of nitrogens with one attached hydrogen (secondary N) is 1. The summed E-state index contributed by atoms with van der Waals surface area (Å²) >= 11 is 0. The van der Waals surface area contributed by atoms with E-state index in [0.29, 0.717) is 5.92 Å². The summed E-state index contributed by atoms with van der Waals surface area (Å²) in [4.78, 5) is 0. The summed E-state index contributed by atoms with van der Waals surface area (Å²) < 4.78 is 13.0. The maximum absolute atomic E-state index is 13.0. The smallest absolute Gasteiger partial charge is 0.123 e. The maximum atomic E-state index is 13.0. The van der Waals surface area contributed by atoms with Gasteiger partial charge in [-0.3, -0.25) is 5.10 Å². The Bertz CT molecular complexity index is 593. The highest BCUT2D eigenvalue weighted by atomic mass is 19.1. The number of rotatable bonds is 3. The van der Waals surface area contributed by atoms with Gasteiger partial charge in [0.15, 0.2) is 0 Å². The van der Waals surface area contributed by atoms with Gasteiger partial charge in [0.05, 0.1) is 18.0 Å². The van der Waals surface area contributed by atoms with Gasteiger partial charge in [-0.15, -0.1) is 0 Å². The van der Waals surface area contributed by atoms with E-state index in [-0.39, 0.29) is 11.7 Å². The van der Waals surface area contributed by atoms with Crippen LogP contribution in [0.5, 0.6) is 0 Å². The number of benzene rings is 1. The first-order valence-electron chi connectivity index (χ1n) is 7.62. The van der Waals surface area contributed by atoms with E-state index in [1.807, 2.05) is 0 Å². The lowest BCUT2D eigenvalue weighted by atomic mass is 9.78. The lowest BCUT2D eigenvalue weighted by Crippen LogP contribution is -2.20. The highest BCUT2D eigenvalue weighted by Crippen LogP contribution is 2.39. The molecule has 0 saturated heterocycles. The van der Waals surface area contributed by atoms with Crippen LogP contribution in [0.4, 0.5) is 4.39 Å². The molecule has 3 rings (SSSR count). The average Bonchev–Trinajstić information content (AvgIpc) is 2.96. The van der Waals surface area contributed by atoms with Crippen LogP contribution in [-0.4, -0.2) is 15.3 Å². The summed E-state index contributed by atoms with van der Waals surface area (Å²) in [6.45, 7) is 2.25. The molecule has 1 aliphatic rings. The quantitative estimate of drug-likeness (QED) is 0.894. The molecule has 1 aliphatic carbocycles. The molecule has 21 heavy (non-hydrogen) atoms. The molecule has 1 aromatic carbocycles. The monoisotopic (exact) mass is 288 g/mol. The number of aromatic nitrogens is 2.